The van der Waals surface area contributed by atoms with E-state index in [1.165, 1.54) is 13.8 Å². The lowest BCUT2D eigenvalue weighted by Crippen LogP contribution is -2.71. The summed E-state index contributed by atoms with van der Waals surface area (Å²) in [5.41, 5.74) is 0. The van der Waals surface area contributed by atoms with E-state index in [4.69, 9.17) is 94.7 Å². The maximum absolute atomic E-state index is 13.2. The summed E-state index contributed by atoms with van der Waals surface area (Å²) in [5.74, 6) is -7.27. The molecule has 31 N–H and O–H groups in total. The minimum atomic E-state index is -2.67. The normalized spacial score (nSPS) is 48.1. The Kier molecular flexibility index (Phi) is 38.5. The second-order valence-electron chi connectivity index (χ2n) is 33.0. The third-order valence-electron chi connectivity index (χ3n) is 24.0. The van der Waals surface area contributed by atoms with Gasteiger partial charge in [-0.05, 0) is 6.92 Å². The molecule has 51 atom stereocenters. The lowest BCUT2D eigenvalue weighted by Gasteiger charge is -2.51. The van der Waals surface area contributed by atoms with E-state index < -0.39 is 408 Å². The number of rotatable bonds is 36. The summed E-state index contributed by atoms with van der Waals surface area (Å²) < 4.78 is 119. The van der Waals surface area contributed by atoms with Gasteiger partial charge in [0, 0.05) is 33.6 Å². The minimum Gasteiger partial charge on any atom is -0.410 e. The van der Waals surface area contributed by atoms with E-state index in [2.05, 4.69) is 21.3 Å². The van der Waals surface area contributed by atoms with Crippen LogP contribution in [-0.4, -0.2) is 540 Å². The number of carbonyl (C=O) groups excluding carboxylic acids is 5. The van der Waals surface area contributed by atoms with Gasteiger partial charge in [0.1, 0.15) is 226 Å². The van der Waals surface area contributed by atoms with Crippen molar-refractivity contribution in [1.29, 1.82) is 0 Å². The quantitative estimate of drug-likeness (QED) is 0.0205. The number of ether oxygens (including phenoxy) is 20. The fourth-order valence-electron chi connectivity index (χ4n) is 16.9. The van der Waals surface area contributed by atoms with Gasteiger partial charge in [-0.1, -0.05) is 6.92 Å². The molecule has 10 aliphatic rings. The van der Waals surface area contributed by atoms with Gasteiger partial charge in [-0.15, -0.1) is 0 Å². The largest absolute Gasteiger partial charge is 0.410 e. The summed E-state index contributed by atoms with van der Waals surface area (Å²) >= 11 is 0. The van der Waals surface area contributed by atoms with E-state index in [1.54, 1.807) is 0 Å². The van der Waals surface area contributed by atoms with Gasteiger partial charge in [-0.2, -0.15) is 0 Å². The Morgan fingerprint density at radius 1 is 0.349 bits per heavy atom. The first-order chi connectivity index (χ1) is 61.0. The van der Waals surface area contributed by atoms with Crippen molar-refractivity contribution < 1.29 is 257 Å². The van der Waals surface area contributed by atoms with Crippen LogP contribution >= 0.6 is 0 Å². The number of amides is 4. The zero-order chi connectivity index (χ0) is 95.1. The lowest BCUT2D eigenvalue weighted by atomic mass is 9.87. The SMILES string of the molecule is CC(=O)NC1C(O)[C@H](O[C@@H]2OC(CO)[C@H](O)[C@H](O)C2O)[C@@H](CO)O[C@@H]1OC1[C@H](OCC2O[C@@H](O[C@H]3C(CO)O[C@@H](O[C@H]4C(CO)O[C@@H](C)C(NC(C)=O)[C@H]4O)C(NC(C)=O)[C@H]3O)C(O)[C@@H](O[C@@H]3O[C@H](CO)[C@H](O)C(O)C3O[C@@H]3OC(CO)[C@H](O[C@@H]4OC(CO[C@]5(OC=O)C[C@H](O)[C@@H](C)C([C@H](O)[C@@H](O)CO)O5)[C@H](O)[C@H](O)C4O)[C@H](O)C3NC(C)=O)[C@H]2O)OC(CO)[C@H](O)[C@@H]1O. The highest BCUT2D eigenvalue weighted by Gasteiger charge is 2.62. The van der Waals surface area contributed by atoms with Crippen molar-refractivity contribution in [2.45, 2.75) is 354 Å². The molecule has 19 unspecified atom stereocenters. The molecule has 0 saturated carbocycles. The molecule has 129 heavy (non-hydrogen) atoms. The van der Waals surface area contributed by atoms with Gasteiger partial charge >= 0.3 is 5.97 Å². The predicted molar refractivity (Wildman–Crippen MR) is 399 cm³/mol. The van der Waals surface area contributed by atoms with Gasteiger partial charge in [-0.25, -0.2) is 0 Å². The summed E-state index contributed by atoms with van der Waals surface area (Å²) in [6.07, 6.45) is -94.0. The van der Waals surface area contributed by atoms with E-state index in [0.717, 1.165) is 27.7 Å². The predicted octanol–water partition coefficient (Wildman–Crippen LogP) is -20.6. The molecule has 4 amide bonds. The highest BCUT2D eigenvalue weighted by Crippen LogP contribution is 2.43. The molecule has 0 aromatic heterocycles. The zero-order valence-electron chi connectivity index (χ0n) is 70.0. The first kappa shape index (κ1) is 107. The number of hydrogen-bond donors (Lipinski definition) is 31. The number of hydrogen-bond acceptors (Lipinski definition) is 52. The molecule has 10 fully saturated rings. The van der Waals surface area contributed by atoms with Crippen LogP contribution in [0.5, 0.6) is 0 Å². The van der Waals surface area contributed by atoms with E-state index in [-0.39, 0.29) is 6.47 Å². The monoisotopic (exact) mass is 1890 g/mol. The Hall–Kier alpha value is -4.49. The van der Waals surface area contributed by atoms with E-state index in [0.29, 0.717) is 0 Å². The van der Waals surface area contributed by atoms with Crippen LogP contribution in [-0.2, 0) is 119 Å². The molecule has 0 spiro atoms. The van der Waals surface area contributed by atoms with Gasteiger partial charge in [-0.3, -0.25) is 24.0 Å². The molecule has 10 aliphatic heterocycles. The van der Waals surface area contributed by atoms with Crippen LogP contribution in [0.3, 0.4) is 0 Å². The van der Waals surface area contributed by atoms with Gasteiger partial charge < -0.3 is 254 Å². The van der Waals surface area contributed by atoms with Crippen molar-refractivity contribution in [2.24, 2.45) is 5.92 Å². The molecule has 746 valence electrons. The van der Waals surface area contributed by atoms with Crippen molar-refractivity contribution >= 4 is 30.1 Å². The van der Waals surface area contributed by atoms with Crippen molar-refractivity contribution in [3.8, 4) is 0 Å². The van der Waals surface area contributed by atoms with E-state index in [9.17, 15) is 162 Å². The fourth-order valence-corrected chi connectivity index (χ4v) is 16.9. The number of aliphatic hydroxyl groups is 27. The van der Waals surface area contributed by atoms with Crippen molar-refractivity contribution in [3.63, 3.8) is 0 Å². The molecule has 56 nitrogen and oxygen atoms in total. The Bertz CT molecular complexity index is 3520. The maximum Gasteiger partial charge on any atom is 0.332 e. The summed E-state index contributed by atoms with van der Waals surface area (Å²) in [5, 5.41) is 313. The molecular weight excluding hydrogens is 1760 g/mol. The Balaban J connectivity index is 0.960. The summed E-state index contributed by atoms with van der Waals surface area (Å²) in [7, 11) is 0. The Morgan fingerprint density at radius 3 is 1.07 bits per heavy atom. The molecule has 56 heteroatoms. The highest BCUT2D eigenvalue weighted by molar-refractivity contribution is 5.74. The third kappa shape index (κ3) is 23.9. The highest BCUT2D eigenvalue weighted by atomic mass is 16.9. The van der Waals surface area contributed by atoms with Crippen molar-refractivity contribution in [2.75, 3.05) is 66.1 Å². The smallest absolute Gasteiger partial charge is 0.332 e. The van der Waals surface area contributed by atoms with Crippen LogP contribution in [0.15, 0.2) is 0 Å². The summed E-state index contributed by atoms with van der Waals surface area (Å²) in [4.78, 5) is 63.5. The first-order valence-electron chi connectivity index (χ1n) is 41.4. The average Bonchev–Trinajstić information content (AvgIpc) is 0.771. The van der Waals surface area contributed by atoms with Crippen LogP contribution in [0, 0.1) is 5.92 Å². The summed E-state index contributed by atoms with van der Waals surface area (Å²) in [6.45, 7) is -4.53. The topological polar surface area (TPSA) is 864 Å². The third-order valence-corrected chi connectivity index (χ3v) is 24.0. The second kappa shape index (κ2) is 46.6. The Morgan fingerprint density at radius 2 is 0.667 bits per heavy atom. The fraction of sp³-hybridized carbons (Fsp3) is 0.932. The van der Waals surface area contributed by atoms with Gasteiger partial charge in [0.2, 0.25) is 23.6 Å². The molecular formula is C73H122N4O52. The van der Waals surface area contributed by atoms with Gasteiger partial charge in [0.15, 0.2) is 50.3 Å². The lowest BCUT2D eigenvalue weighted by molar-refractivity contribution is -0.424. The first-order valence-corrected chi connectivity index (χ1v) is 41.4. The van der Waals surface area contributed by atoms with Crippen LogP contribution in [0.2, 0.25) is 0 Å². The summed E-state index contributed by atoms with van der Waals surface area (Å²) in [6, 6.07) is -7.14. The van der Waals surface area contributed by atoms with Crippen molar-refractivity contribution in [1.82, 2.24) is 21.3 Å². The van der Waals surface area contributed by atoms with Crippen LogP contribution in [0.25, 0.3) is 0 Å². The van der Waals surface area contributed by atoms with Gasteiger partial charge in [0.05, 0.1) is 96.8 Å². The molecule has 0 bridgehead atoms. The van der Waals surface area contributed by atoms with Crippen molar-refractivity contribution in [3.05, 3.63) is 0 Å². The molecule has 0 aromatic carbocycles. The minimum absolute atomic E-state index is 0.197. The zero-order valence-corrected chi connectivity index (χ0v) is 70.0. The molecule has 0 aromatic rings. The molecule has 10 heterocycles. The second-order valence-corrected chi connectivity index (χ2v) is 33.0. The molecule has 0 aliphatic carbocycles. The van der Waals surface area contributed by atoms with Gasteiger partial charge in [0.25, 0.3) is 6.47 Å². The number of carbonyl (C=O) groups is 5. The molecule has 10 saturated heterocycles. The average molecular weight is 1890 g/mol. The Labute approximate surface area is 732 Å². The number of aliphatic hydroxyl groups excluding tert-OH is 27. The number of nitrogens with one attached hydrogen (secondary N) is 4. The molecule has 0 radical (unpaired) electrons. The van der Waals surface area contributed by atoms with Crippen LogP contribution in [0.1, 0.15) is 48.0 Å². The van der Waals surface area contributed by atoms with Crippen LogP contribution < -0.4 is 21.3 Å². The van der Waals surface area contributed by atoms with E-state index >= 15 is 0 Å². The van der Waals surface area contributed by atoms with Crippen LogP contribution in [0.4, 0.5) is 0 Å². The standard InChI is InChI=1S/C73H122N4O52/c1-19-25(91)7-73(112-18-86,129-57(19)40(93)26(92)8-78)111-17-35-44(97)51(104)55(108)69(121-35)124-60-32(14-84)119-67(39(49(60)102)77-24(6)90)128-64-53(106)43(96)29(11-81)116-72(64)126-62-45(98)34(120-70(56(62)109)125-61-33(15-85)117-65(37(47(61)100)75-22(4)88)122-58-30(12-82)113-20(2)36(46(58)99)74-21(3)87)16-110-71-63(52(105)42(95)28(10-80)115-71)127-66-38(76-23(5)89)48(101)59(31(13-83)118-66)123-68-54(107)50(103)41(94)27(9-79)114-68/h18-20,25-72,78-85,91-109H,7-17H2,1-6H3,(H,74,87)(H,75,88)(H,76,89)(H,77,90)/t19-,20+,25+,26+,27?,28?,29-,30?,31-,32?,33?,34?,35?,36?,37?,38?,39?,40-,41+,42+,43+,44+,45+,46-,47-,48?,49-,50+,51+,52+,53?,54?,55?,56?,57?,58+,59-,60+,61+,62+,63?,64?,65+,66-,67+,68+,69+,70+,71-,72+,73+/m1/s1. The maximum atomic E-state index is 13.2. The van der Waals surface area contributed by atoms with E-state index in [1.807, 2.05) is 0 Å². The molecule has 10 rings (SSSR count).